The zero-order chi connectivity index (χ0) is 24.9. The maximum atomic E-state index is 13.5. The molecule has 2 aromatic carbocycles. The average Bonchev–Trinajstić information content (AvgIpc) is 3.14. The maximum absolute atomic E-state index is 13.5. The van der Waals surface area contributed by atoms with E-state index < -0.39 is 6.04 Å². The van der Waals surface area contributed by atoms with Crippen LogP contribution in [0.1, 0.15) is 18.5 Å². The normalized spacial score (nSPS) is 17.5. The van der Waals surface area contributed by atoms with Gasteiger partial charge >= 0.3 is 6.03 Å². The molecular weight excluding hydrogens is 446 g/mol. The Balaban J connectivity index is 1.56. The fourth-order valence-electron chi connectivity index (χ4n) is 4.29. The first-order valence-electron chi connectivity index (χ1n) is 11.7. The zero-order valence-corrected chi connectivity index (χ0v) is 20.3. The van der Waals surface area contributed by atoms with Gasteiger partial charge in [-0.2, -0.15) is 0 Å². The van der Waals surface area contributed by atoms with Crippen LogP contribution in [0.5, 0.6) is 11.5 Å². The monoisotopic (exact) mass is 477 g/mol. The molecule has 2 heterocycles. The van der Waals surface area contributed by atoms with Gasteiger partial charge in [0.15, 0.2) is 0 Å². The van der Waals surface area contributed by atoms with Gasteiger partial charge in [0.2, 0.25) is 5.91 Å². The van der Waals surface area contributed by atoms with Crippen molar-refractivity contribution in [3.63, 3.8) is 0 Å². The Morgan fingerprint density at radius 2 is 1.86 bits per heavy atom. The summed E-state index contributed by atoms with van der Waals surface area (Å²) in [5.74, 6) is 0.821. The Morgan fingerprint density at radius 1 is 1.11 bits per heavy atom. The van der Waals surface area contributed by atoms with Crippen LogP contribution in [0.4, 0.5) is 4.79 Å². The first-order valence-corrected chi connectivity index (χ1v) is 11.7. The van der Waals surface area contributed by atoms with Gasteiger partial charge in [-0.1, -0.05) is 30.3 Å². The summed E-state index contributed by atoms with van der Waals surface area (Å²) in [7, 11) is 3.86. The minimum Gasteiger partial charge on any atom is -0.457 e. The SMILES string of the molecule is CCN1C(=O)NC(c2cccc(Oc3ccccc3)c2)C2=C1CN(CC(=O)NCCN(C)C)C2=O. The van der Waals surface area contributed by atoms with E-state index >= 15 is 0 Å². The molecule has 0 aromatic heterocycles. The van der Waals surface area contributed by atoms with E-state index in [1.165, 1.54) is 4.90 Å². The number of carbonyl (C=O) groups excluding carboxylic acids is 3. The first-order chi connectivity index (χ1) is 16.9. The lowest BCUT2D eigenvalue weighted by atomic mass is 9.95. The average molecular weight is 478 g/mol. The van der Waals surface area contributed by atoms with Crippen molar-refractivity contribution in [2.24, 2.45) is 0 Å². The molecule has 35 heavy (non-hydrogen) atoms. The molecule has 0 bridgehead atoms. The zero-order valence-electron chi connectivity index (χ0n) is 20.3. The molecule has 1 atom stereocenters. The van der Waals surface area contributed by atoms with Gasteiger partial charge in [-0.25, -0.2) is 4.79 Å². The summed E-state index contributed by atoms with van der Waals surface area (Å²) in [6.07, 6.45) is 0. The van der Waals surface area contributed by atoms with Gasteiger partial charge in [0, 0.05) is 19.6 Å². The molecule has 2 N–H and O–H groups in total. The fourth-order valence-corrected chi connectivity index (χ4v) is 4.29. The molecule has 0 saturated carbocycles. The van der Waals surface area contributed by atoms with Crippen molar-refractivity contribution in [1.29, 1.82) is 0 Å². The smallest absolute Gasteiger partial charge is 0.322 e. The van der Waals surface area contributed by atoms with Crippen LogP contribution < -0.4 is 15.4 Å². The number of hydrogen-bond acceptors (Lipinski definition) is 5. The van der Waals surface area contributed by atoms with E-state index in [-0.39, 0.29) is 30.9 Å². The van der Waals surface area contributed by atoms with Crippen molar-refractivity contribution >= 4 is 17.8 Å². The largest absolute Gasteiger partial charge is 0.457 e. The van der Waals surface area contributed by atoms with Crippen LogP contribution in [0.15, 0.2) is 65.9 Å². The van der Waals surface area contributed by atoms with Gasteiger partial charge in [-0.05, 0) is 50.8 Å². The van der Waals surface area contributed by atoms with E-state index in [1.807, 2.05) is 80.5 Å². The van der Waals surface area contributed by atoms with Crippen molar-refractivity contribution in [2.75, 3.05) is 46.8 Å². The van der Waals surface area contributed by atoms with Crippen LogP contribution >= 0.6 is 0 Å². The van der Waals surface area contributed by atoms with E-state index in [0.717, 1.165) is 5.56 Å². The molecular formula is C26H31N5O4. The predicted octanol–water partition coefficient (Wildman–Crippen LogP) is 2.34. The fraction of sp³-hybridized carbons (Fsp3) is 0.346. The van der Waals surface area contributed by atoms with E-state index in [9.17, 15) is 14.4 Å². The summed E-state index contributed by atoms with van der Waals surface area (Å²) in [5, 5.41) is 5.81. The summed E-state index contributed by atoms with van der Waals surface area (Å²) >= 11 is 0. The first kappa shape index (κ1) is 24.3. The number of para-hydroxylation sites is 1. The molecule has 184 valence electrons. The predicted molar refractivity (Wildman–Crippen MR) is 132 cm³/mol. The number of nitrogens with one attached hydrogen (secondary N) is 2. The van der Waals surface area contributed by atoms with Crippen molar-refractivity contribution in [3.8, 4) is 11.5 Å². The Morgan fingerprint density at radius 3 is 2.57 bits per heavy atom. The molecule has 4 amide bonds. The number of nitrogens with zero attached hydrogens (tertiary/aromatic N) is 3. The number of carbonyl (C=O) groups is 3. The molecule has 9 heteroatoms. The number of likely N-dealkylation sites (N-methyl/N-ethyl adjacent to an activating group) is 2. The number of amides is 4. The van der Waals surface area contributed by atoms with Gasteiger partial charge < -0.3 is 25.2 Å². The minimum absolute atomic E-state index is 0.0606. The molecule has 2 aliphatic rings. The molecule has 0 aliphatic carbocycles. The second-order valence-electron chi connectivity index (χ2n) is 8.79. The van der Waals surface area contributed by atoms with Crippen LogP contribution in [0.3, 0.4) is 0 Å². The van der Waals surface area contributed by atoms with Crippen LogP contribution in [0.2, 0.25) is 0 Å². The van der Waals surface area contributed by atoms with Crippen LogP contribution in [-0.2, 0) is 9.59 Å². The quantitative estimate of drug-likeness (QED) is 0.578. The third-order valence-electron chi connectivity index (χ3n) is 6.00. The molecule has 9 nitrogen and oxygen atoms in total. The van der Waals surface area contributed by atoms with Crippen LogP contribution in [-0.4, -0.2) is 79.4 Å². The number of benzene rings is 2. The number of urea groups is 1. The van der Waals surface area contributed by atoms with E-state index in [1.54, 1.807) is 4.90 Å². The minimum atomic E-state index is -0.631. The summed E-state index contributed by atoms with van der Waals surface area (Å²) in [6.45, 7) is 3.64. The van der Waals surface area contributed by atoms with Gasteiger partial charge in [0.25, 0.3) is 5.91 Å². The molecule has 0 spiro atoms. The highest BCUT2D eigenvalue weighted by Gasteiger charge is 2.44. The second-order valence-corrected chi connectivity index (χ2v) is 8.79. The summed E-state index contributed by atoms with van der Waals surface area (Å²) in [4.78, 5) is 43.9. The number of hydrogen-bond donors (Lipinski definition) is 2. The Labute approximate surface area is 205 Å². The van der Waals surface area contributed by atoms with E-state index in [4.69, 9.17) is 4.74 Å². The van der Waals surface area contributed by atoms with Gasteiger partial charge in [-0.3, -0.25) is 14.5 Å². The van der Waals surface area contributed by atoms with Crippen LogP contribution in [0.25, 0.3) is 0 Å². The highest BCUT2D eigenvalue weighted by molar-refractivity contribution is 6.03. The summed E-state index contributed by atoms with van der Waals surface area (Å²) in [5.41, 5.74) is 1.87. The lowest BCUT2D eigenvalue weighted by Crippen LogP contribution is -2.47. The highest BCUT2D eigenvalue weighted by atomic mass is 16.5. The summed E-state index contributed by atoms with van der Waals surface area (Å²) in [6, 6.07) is 15.9. The molecule has 0 saturated heterocycles. The van der Waals surface area contributed by atoms with Crippen molar-refractivity contribution in [3.05, 3.63) is 71.4 Å². The Kier molecular flexibility index (Phi) is 7.36. The second kappa shape index (κ2) is 10.6. The molecule has 4 rings (SSSR count). The van der Waals surface area contributed by atoms with Crippen molar-refractivity contribution < 1.29 is 19.1 Å². The molecule has 1 unspecified atom stereocenters. The Bertz CT molecular complexity index is 1130. The Hall–Kier alpha value is -3.85. The van der Waals surface area contributed by atoms with E-state index in [2.05, 4.69) is 10.6 Å². The van der Waals surface area contributed by atoms with Crippen molar-refractivity contribution in [1.82, 2.24) is 25.3 Å². The molecule has 0 fully saturated rings. The van der Waals surface area contributed by atoms with E-state index in [0.29, 0.717) is 42.4 Å². The molecule has 0 radical (unpaired) electrons. The lowest BCUT2D eigenvalue weighted by Gasteiger charge is -2.33. The van der Waals surface area contributed by atoms with Crippen LogP contribution in [0, 0.1) is 0 Å². The van der Waals surface area contributed by atoms with Gasteiger partial charge in [-0.15, -0.1) is 0 Å². The molecule has 2 aromatic rings. The maximum Gasteiger partial charge on any atom is 0.322 e. The lowest BCUT2D eigenvalue weighted by molar-refractivity contribution is -0.131. The standard InChI is InChI=1S/C26H31N5O4/c1-4-31-21-16-30(17-22(32)27-13-14-29(2)3)25(33)23(21)24(28-26(31)34)18-9-8-12-20(15-18)35-19-10-6-5-7-11-19/h5-12,15,24H,4,13-14,16-17H2,1-3H3,(H,27,32)(H,28,34). The third-order valence-corrected chi connectivity index (χ3v) is 6.00. The molecule has 2 aliphatic heterocycles. The highest BCUT2D eigenvalue weighted by Crippen LogP contribution is 2.37. The topological polar surface area (TPSA) is 94.2 Å². The number of rotatable bonds is 9. The van der Waals surface area contributed by atoms with Crippen molar-refractivity contribution in [2.45, 2.75) is 13.0 Å². The van der Waals surface area contributed by atoms with Gasteiger partial charge in [0.05, 0.1) is 23.9 Å². The van der Waals surface area contributed by atoms with Gasteiger partial charge in [0.1, 0.15) is 18.0 Å². The third kappa shape index (κ3) is 5.46. The number of ether oxygens (including phenoxy) is 1. The summed E-state index contributed by atoms with van der Waals surface area (Å²) < 4.78 is 5.95.